The van der Waals surface area contributed by atoms with Gasteiger partial charge in [0.25, 0.3) is 0 Å². The van der Waals surface area contributed by atoms with Gasteiger partial charge in [-0.3, -0.25) is 0 Å². The maximum absolute atomic E-state index is 4.10. The third kappa shape index (κ3) is 1.34. The van der Waals surface area contributed by atoms with Crippen LogP contribution in [0.15, 0.2) is 6.33 Å². The first-order valence-corrected chi connectivity index (χ1v) is 4.07. The van der Waals surface area contributed by atoms with Gasteiger partial charge < -0.3 is 4.90 Å². The molecule has 0 bridgehead atoms. The topological polar surface area (TPSA) is 44.8 Å². The molecule has 0 unspecified atom stereocenters. The van der Waals surface area contributed by atoms with Crippen LogP contribution in [0.3, 0.4) is 0 Å². The van der Waals surface area contributed by atoms with E-state index in [0.717, 1.165) is 19.0 Å². The van der Waals surface area contributed by atoms with Crippen LogP contribution < -0.4 is 4.90 Å². The summed E-state index contributed by atoms with van der Waals surface area (Å²) < 4.78 is 0. The lowest BCUT2D eigenvalue weighted by Crippen LogP contribution is -2.30. The quantitative estimate of drug-likeness (QED) is 0.647. The highest BCUT2D eigenvalue weighted by Gasteiger charge is 2.11. The Morgan fingerprint density at radius 3 is 2.73 bits per heavy atom. The van der Waals surface area contributed by atoms with Gasteiger partial charge in [0.1, 0.15) is 6.33 Å². The number of hydrogen-bond acceptors (Lipinski definition) is 3. The molecular weight excluding hydrogens is 140 g/mol. The van der Waals surface area contributed by atoms with E-state index in [2.05, 4.69) is 20.1 Å². The van der Waals surface area contributed by atoms with Crippen LogP contribution in [0.2, 0.25) is 0 Å². The molecule has 0 aliphatic carbocycles. The summed E-state index contributed by atoms with van der Waals surface area (Å²) in [5.41, 5.74) is 0. The number of nitrogens with zero attached hydrogens (tertiary/aromatic N) is 3. The molecule has 1 saturated heterocycles. The van der Waals surface area contributed by atoms with E-state index in [1.54, 1.807) is 6.33 Å². The summed E-state index contributed by atoms with van der Waals surface area (Å²) in [6.07, 6.45) is 5.47. The zero-order valence-electron chi connectivity index (χ0n) is 6.45. The van der Waals surface area contributed by atoms with Gasteiger partial charge in [-0.05, 0) is 19.3 Å². The van der Waals surface area contributed by atoms with E-state index in [-0.39, 0.29) is 0 Å². The summed E-state index contributed by atoms with van der Waals surface area (Å²) in [6, 6.07) is 0. The fraction of sp³-hybridized carbons (Fsp3) is 0.714. The first kappa shape index (κ1) is 6.64. The molecule has 4 nitrogen and oxygen atoms in total. The molecule has 0 atom stereocenters. The number of hydrogen-bond donors (Lipinski definition) is 1. The molecule has 60 valence electrons. The van der Waals surface area contributed by atoms with Crippen LogP contribution in [0, 0.1) is 0 Å². The highest BCUT2D eigenvalue weighted by Crippen LogP contribution is 2.13. The molecule has 4 heteroatoms. The molecule has 2 rings (SSSR count). The van der Waals surface area contributed by atoms with Crippen LogP contribution in [0.4, 0.5) is 5.95 Å². The average molecular weight is 152 g/mol. The maximum Gasteiger partial charge on any atom is 0.221 e. The number of aromatic amines is 1. The van der Waals surface area contributed by atoms with Gasteiger partial charge in [-0.1, -0.05) is 0 Å². The minimum atomic E-state index is 0.921. The minimum Gasteiger partial charge on any atom is -0.341 e. The lowest BCUT2D eigenvalue weighted by molar-refractivity contribution is 0.569. The van der Waals surface area contributed by atoms with Crippen LogP contribution >= 0.6 is 0 Å². The van der Waals surface area contributed by atoms with Crippen molar-refractivity contribution in [3.63, 3.8) is 0 Å². The Hall–Kier alpha value is -1.06. The molecule has 1 aromatic rings. The van der Waals surface area contributed by atoms with Crippen LogP contribution in [-0.2, 0) is 0 Å². The van der Waals surface area contributed by atoms with Crippen LogP contribution in [0.1, 0.15) is 19.3 Å². The van der Waals surface area contributed by atoms with Crippen molar-refractivity contribution in [1.82, 2.24) is 15.2 Å². The van der Waals surface area contributed by atoms with Gasteiger partial charge in [-0.2, -0.15) is 10.1 Å². The third-order valence-corrected chi connectivity index (χ3v) is 2.06. The zero-order chi connectivity index (χ0) is 7.52. The van der Waals surface area contributed by atoms with E-state index in [1.807, 2.05) is 0 Å². The average Bonchev–Trinajstić information content (AvgIpc) is 2.58. The number of aromatic nitrogens is 3. The SMILES string of the molecule is c1n[nH]c(N2CCCCC2)n1. The molecule has 1 aliphatic heterocycles. The summed E-state index contributed by atoms with van der Waals surface area (Å²) >= 11 is 0. The number of piperidine rings is 1. The number of H-pyrrole nitrogens is 1. The maximum atomic E-state index is 4.10. The van der Waals surface area contributed by atoms with Crippen molar-refractivity contribution in [3.05, 3.63) is 6.33 Å². The zero-order valence-corrected chi connectivity index (χ0v) is 6.45. The van der Waals surface area contributed by atoms with Gasteiger partial charge in [0.15, 0.2) is 0 Å². The van der Waals surface area contributed by atoms with E-state index in [4.69, 9.17) is 0 Å². The molecule has 2 heterocycles. The van der Waals surface area contributed by atoms with E-state index in [1.165, 1.54) is 19.3 Å². The Balaban J connectivity index is 2.04. The van der Waals surface area contributed by atoms with Crippen LogP contribution in [0.5, 0.6) is 0 Å². The first-order chi connectivity index (χ1) is 5.47. The van der Waals surface area contributed by atoms with Gasteiger partial charge in [0.2, 0.25) is 5.95 Å². The van der Waals surface area contributed by atoms with E-state index in [9.17, 15) is 0 Å². The standard InChI is InChI=1S/C7H12N4/c1-2-4-11(5-3-1)7-8-6-9-10-7/h6H,1-5H2,(H,8,9,10). The molecule has 0 radical (unpaired) electrons. The van der Waals surface area contributed by atoms with Crippen molar-refractivity contribution < 1.29 is 0 Å². The second-order valence-electron chi connectivity index (χ2n) is 2.86. The summed E-state index contributed by atoms with van der Waals surface area (Å²) in [4.78, 5) is 6.35. The van der Waals surface area contributed by atoms with Gasteiger partial charge >= 0.3 is 0 Å². The Bertz CT molecular complexity index is 200. The second-order valence-corrected chi connectivity index (χ2v) is 2.86. The Morgan fingerprint density at radius 2 is 2.09 bits per heavy atom. The van der Waals surface area contributed by atoms with Crippen molar-refractivity contribution in [2.24, 2.45) is 0 Å². The van der Waals surface area contributed by atoms with E-state index >= 15 is 0 Å². The molecule has 0 aromatic carbocycles. The monoisotopic (exact) mass is 152 g/mol. The molecule has 0 spiro atoms. The molecule has 1 N–H and O–H groups in total. The van der Waals surface area contributed by atoms with Crippen molar-refractivity contribution in [2.75, 3.05) is 18.0 Å². The molecular formula is C7H12N4. The number of rotatable bonds is 1. The summed E-state index contributed by atoms with van der Waals surface area (Å²) in [7, 11) is 0. The van der Waals surface area contributed by atoms with E-state index in [0.29, 0.717) is 0 Å². The predicted octanol–water partition coefficient (Wildman–Crippen LogP) is 0.795. The fourth-order valence-corrected chi connectivity index (χ4v) is 1.46. The first-order valence-electron chi connectivity index (χ1n) is 4.07. The lowest BCUT2D eigenvalue weighted by atomic mass is 10.1. The molecule has 0 amide bonds. The van der Waals surface area contributed by atoms with Crippen molar-refractivity contribution >= 4 is 5.95 Å². The van der Waals surface area contributed by atoms with Crippen molar-refractivity contribution in [1.29, 1.82) is 0 Å². The lowest BCUT2D eigenvalue weighted by Gasteiger charge is -2.25. The van der Waals surface area contributed by atoms with E-state index < -0.39 is 0 Å². The van der Waals surface area contributed by atoms with Crippen molar-refractivity contribution in [2.45, 2.75) is 19.3 Å². The third-order valence-electron chi connectivity index (χ3n) is 2.06. The summed E-state index contributed by atoms with van der Waals surface area (Å²) in [6.45, 7) is 2.24. The van der Waals surface area contributed by atoms with Gasteiger partial charge in [-0.25, -0.2) is 5.10 Å². The number of nitrogens with one attached hydrogen (secondary N) is 1. The summed E-state index contributed by atoms with van der Waals surface area (Å²) in [5.74, 6) is 0.921. The Kier molecular flexibility index (Phi) is 1.75. The normalized spacial score (nSPS) is 18.7. The fourth-order valence-electron chi connectivity index (χ4n) is 1.46. The Morgan fingerprint density at radius 1 is 1.27 bits per heavy atom. The Labute approximate surface area is 65.6 Å². The van der Waals surface area contributed by atoms with Crippen LogP contribution in [0.25, 0.3) is 0 Å². The predicted molar refractivity (Wildman–Crippen MR) is 42.4 cm³/mol. The molecule has 1 aliphatic rings. The molecule has 0 saturated carbocycles. The highest BCUT2D eigenvalue weighted by molar-refractivity contribution is 5.27. The number of anilines is 1. The van der Waals surface area contributed by atoms with Gasteiger partial charge in [-0.15, -0.1) is 0 Å². The van der Waals surface area contributed by atoms with Gasteiger partial charge in [0.05, 0.1) is 0 Å². The smallest absolute Gasteiger partial charge is 0.221 e. The minimum absolute atomic E-state index is 0.921. The molecule has 1 fully saturated rings. The summed E-state index contributed by atoms with van der Waals surface area (Å²) in [5, 5.41) is 6.69. The molecule has 1 aromatic heterocycles. The highest BCUT2D eigenvalue weighted by atomic mass is 15.3. The van der Waals surface area contributed by atoms with Crippen LogP contribution in [-0.4, -0.2) is 28.3 Å². The molecule has 11 heavy (non-hydrogen) atoms. The largest absolute Gasteiger partial charge is 0.341 e. The van der Waals surface area contributed by atoms with Crippen molar-refractivity contribution in [3.8, 4) is 0 Å². The van der Waals surface area contributed by atoms with Gasteiger partial charge in [0, 0.05) is 13.1 Å². The second kappa shape index (κ2) is 2.90.